The predicted molar refractivity (Wildman–Crippen MR) is 158 cm³/mol. The number of hydrogen-bond donors (Lipinski definition) is 2. The van der Waals surface area contributed by atoms with E-state index in [4.69, 9.17) is 0 Å². The fraction of sp³-hybridized carbons (Fsp3) is 0.357. The number of halogens is 3. The number of nitrogens with one attached hydrogen (secondary N) is 2. The number of fused-ring (bicyclic) bond motifs is 1. The zero-order valence-corrected chi connectivity index (χ0v) is 25.1. The topological polar surface area (TPSA) is 138 Å². The minimum atomic E-state index is -4.93. The first-order valence-corrected chi connectivity index (χ1v) is 16.0. The third-order valence-electron chi connectivity index (χ3n) is 7.08. The lowest BCUT2D eigenvalue weighted by atomic mass is 10.1. The Bertz CT molecular complexity index is 1780. The van der Waals surface area contributed by atoms with Crippen LogP contribution in [0.3, 0.4) is 0 Å². The number of ether oxygens (including phenoxy) is 1. The molecule has 0 aliphatic carbocycles. The number of piperazine rings is 1. The molecule has 44 heavy (non-hydrogen) atoms. The van der Waals surface area contributed by atoms with E-state index in [0.717, 1.165) is 64.7 Å². The molecule has 234 valence electrons. The first-order chi connectivity index (χ1) is 20.9. The number of unbranched alkanes of at least 4 members (excludes halogenated alkanes) is 1. The van der Waals surface area contributed by atoms with Crippen LogP contribution in [0.15, 0.2) is 64.4 Å². The van der Waals surface area contributed by atoms with E-state index in [1.165, 1.54) is 11.8 Å². The predicted octanol–water partition coefficient (Wildman–Crippen LogP) is 3.82. The number of aryl methyl sites for hydroxylation is 1. The molecule has 0 bridgehead atoms. The van der Waals surface area contributed by atoms with E-state index >= 15 is 0 Å². The van der Waals surface area contributed by atoms with Crippen molar-refractivity contribution in [3.05, 3.63) is 76.2 Å². The van der Waals surface area contributed by atoms with E-state index in [9.17, 15) is 31.2 Å². The number of alkyl halides is 3. The van der Waals surface area contributed by atoms with Gasteiger partial charge >= 0.3 is 6.36 Å². The lowest BCUT2D eigenvalue weighted by Crippen LogP contribution is -2.60. The van der Waals surface area contributed by atoms with Gasteiger partial charge in [-0.05, 0) is 48.2 Å². The molecular weight excluding hydrogens is 621 g/mol. The van der Waals surface area contributed by atoms with Gasteiger partial charge in [-0.15, -0.1) is 13.2 Å². The molecule has 2 aromatic heterocycles. The summed E-state index contributed by atoms with van der Waals surface area (Å²) in [5.74, 6) is -1.14. The Balaban J connectivity index is 1.39. The smallest absolute Gasteiger partial charge is 0.406 e. The van der Waals surface area contributed by atoms with Gasteiger partial charge in [-0.3, -0.25) is 9.59 Å². The Morgan fingerprint density at radius 3 is 2.48 bits per heavy atom. The average Bonchev–Trinajstić information content (AvgIpc) is 3.44. The number of anilines is 1. The largest absolute Gasteiger partial charge is 0.573 e. The van der Waals surface area contributed by atoms with Gasteiger partial charge in [-0.2, -0.15) is 9.40 Å². The Kier molecular flexibility index (Phi) is 9.22. The molecule has 1 fully saturated rings. The molecule has 1 saturated heterocycles. The number of carbonyl (C=O) groups is 1. The summed E-state index contributed by atoms with van der Waals surface area (Å²) in [5, 5.41) is 9.35. The lowest BCUT2D eigenvalue weighted by molar-refractivity contribution is -0.274. The summed E-state index contributed by atoms with van der Waals surface area (Å²) in [7, 11) is -4.32. The van der Waals surface area contributed by atoms with Crippen LogP contribution >= 0.6 is 11.3 Å². The van der Waals surface area contributed by atoms with Crippen LogP contribution in [0.1, 0.15) is 30.9 Å². The second-order valence-corrected chi connectivity index (χ2v) is 13.0. The molecular formula is C28H29F3N6O5S2. The molecule has 0 spiro atoms. The summed E-state index contributed by atoms with van der Waals surface area (Å²) < 4.78 is 70.5. The monoisotopic (exact) mass is 650 g/mol. The zero-order chi connectivity index (χ0) is 31.5. The van der Waals surface area contributed by atoms with Crippen molar-refractivity contribution in [3.63, 3.8) is 0 Å². The third kappa shape index (κ3) is 7.19. The van der Waals surface area contributed by atoms with Crippen molar-refractivity contribution < 1.29 is 31.1 Å². The summed E-state index contributed by atoms with van der Waals surface area (Å²) in [6.45, 7) is 2.20. The van der Waals surface area contributed by atoms with E-state index in [-0.39, 0.29) is 31.1 Å². The Hall–Kier alpha value is -4.02. The van der Waals surface area contributed by atoms with E-state index in [1.54, 1.807) is 4.90 Å². The number of carbonyl (C=O) groups excluding carboxylic acids is 1. The zero-order valence-electron chi connectivity index (χ0n) is 23.5. The summed E-state index contributed by atoms with van der Waals surface area (Å²) in [5.41, 5.74) is 1.96. The standard InChI is InChI=1S/C28H29F3N6O5S2/c1-2-3-4-18-5-7-19(8-6-18)15-32-25(38)23-17-36(27-34-22-16-33-35-26(39)24(22)43-27)13-14-37(23)44(40,41)21-11-9-20(10-12-21)42-28(29,30)31/h5-12,16,23H,2-4,13-15,17H2,1H3,(H,32,38)(H,35,39)/t23-/m1/s1. The highest BCUT2D eigenvalue weighted by Gasteiger charge is 2.41. The maximum Gasteiger partial charge on any atom is 0.573 e. The van der Waals surface area contributed by atoms with Crippen molar-refractivity contribution in [2.45, 2.75) is 50.0 Å². The normalized spacial score (nSPS) is 16.3. The van der Waals surface area contributed by atoms with Gasteiger partial charge in [0.25, 0.3) is 5.56 Å². The Labute approximate surface area is 254 Å². The quantitative estimate of drug-likeness (QED) is 0.264. The summed E-state index contributed by atoms with van der Waals surface area (Å²) in [6, 6.07) is 10.4. The first-order valence-electron chi connectivity index (χ1n) is 13.8. The van der Waals surface area contributed by atoms with Gasteiger partial charge < -0.3 is 15.0 Å². The van der Waals surface area contributed by atoms with Crippen LogP contribution < -0.4 is 20.5 Å². The molecule has 1 aliphatic rings. The van der Waals surface area contributed by atoms with Gasteiger partial charge in [0.15, 0.2) is 5.13 Å². The Morgan fingerprint density at radius 1 is 1.11 bits per heavy atom. The fourth-order valence-electron chi connectivity index (χ4n) is 4.81. The molecule has 0 radical (unpaired) electrons. The van der Waals surface area contributed by atoms with Gasteiger partial charge in [0.2, 0.25) is 15.9 Å². The van der Waals surface area contributed by atoms with Crippen LogP contribution in [0.2, 0.25) is 0 Å². The second kappa shape index (κ2) is 12.9. The highest BCUT2D eigenvalue weighted by Crippen LogP contribution is 2.31. The van der Waals surface area contributed by atoms with Crippen molar-refractivity contribution in [2.24, 2.45) is 0 Å². The number of hydrogen-bond acceptors (Lipinski definition) is 9. The maximum absolute atomic E-state index is 13.7. The SMILES string of the molecule is CCCCc1ccc(CNC(=O)[C@H]2CN(c3nc4cn[nH]c(=O)c4s3)CCN2S(=O)(=O)c2ccc(OC(F)(F)F)cc2)cc1. The van der Waals surface area contributed by atoms with E-state index in [2.05, 4.69) is 32.2 Å². The summed E-state index contributed by atoms with van der Waals surface area (Å²) >= 11 is 1.10. The fourth-order valence-corrected chi connectivity index (χ4v) is 7.34. The molecule has 1 aliphatic heterocycles. The van der Waals surface area contributed by atoms with Crippen molar-refractivity contribution in [3.8, 4) is 5.75 Å². The molecule has 2 aromatic carbocycles. The number of sulfonamides is 1. The van der Waals surface area contributed by atoms with Crippen LogP contribution in [0.4, 0.5) is 18.3 Å². The highest BCUT2D eigenvalue weighted by atomic mass is 32.2. The molecule has 5 rings (SSSR count). The van der Waals surface area contributed by atoms with Gasteiger partial charge in [-0.1, -0.05) is 48.9 Å². The summed E-state index contributed by atoms with van der Waals surface area (Å²) in [4.78, 5) is 31.7. The van der Waals surface area contributed by atoms with Crippen molar-refractivity contribution in [1.82, 2.24) is 24.8 Å². The minimum Gasteiger partial charge on any atom is -0.406 e. The number of H-pyrrole nitrogens is 1. The van der Waals surface area contributed by atoms with E-state index < -0.39 is 39.6 Å². The van der Waals surface area contributed by atoms with Crippen molar-refractivity contribution >= 4 is 42.6 Å². The first kappa shape index (κ1) is 31.4. The molecule has 3 heterocycles. The molecule has 1 amide bonds. The third-order valence-corrected chi connectivity index (χ3v) is 10.1. The maximum atomic E-state index is 13.7. The average molecular weight is 651 g/mol. The van der Waals surface area contributed by atoms with Crippen LogP contribution in [0.25, 0.3) is 10.2 Å². The highest BCUT2D eigenvalue weighted by molar-refractivity contribution is 7.89. The van der Waals surface area contributed by atoms with Crippen LogP contribution in [-0.2, 0) is 27.8 Å². The molecule has 2 N–H and O–H groups in total. The molecule has 0 saturated carbocycles. The van der Waals surface area contributed by atoms with Crippen molar-refractivity contribution in [1.29, 1.82) is 0 Å². The van der Waals surface area contributed by atoms with E-state index in [0.29, 0.717) is 15.3 Å². The number of aromatic amines is 1. The molecule has 11 nitrogen and oxygen atoms in total. The molecule has 16 heteroatoms. The molecule has 0 unspecified atom stereocenters. The Morgan fingerprint density at radius 2 is 1.82 bits per heavy atom. The number of thiazole rings is 1. The van der Waals surface area contributed by atoms with Gasteiger partial charge in [0, 0.05) is 26.2 Å². The number of nitrogens with zero attached hydrogens (tertiary/aromatic N) is 4. The number of aromatic nitrogens is 3. The minimum absolute atomic E-state index is 0.0819. The van der Waals surface area contributed by atoms with Crippen LogP contribution in [0.5, 0.6) is 5.75 Å². The number of rotatable bonds is 10. The number of benzene rings is 2. The van der Waals surface area contributed by atoms with Crippen LogP contribution in [-0.4, -0.2) is 65.9 Å². The number of amides is 1. The second-order valence-electron chi connectivity index (χ2n) is 10.1. The van der Waals surface area contributed by atoms with Gasteiger partial charge in [0.05, 0.1) is 11.1 Å². The molecule has 4 aromatic rings. The lowest BCUT2D eigenvalue weighted by Gasteiger charge is -2.39. The van der Waals surface area contributed by atoms with Crippen LogP contribution in [0, 0.1) is 0 Å². The van der Waals surface area contributed by atoms with Gasteiger partial charge in [-0.25, -0.2) is 18.5 Å². The summed E-state index contributed by atoms with van der Waals surface area (Å²) in [6.07, 6.45) is -0.439. The van der Waals surface area contributed by atoms with E-state index in [1.807, 2.05) is 24.3 Å². The van der Waals surface area contributed by atoms with Gasteiger partial charge in [0.1, 0.15) is 22.0 Å². The molecule has 1 atom stereocenters. The van der Waals surface area contributed by atoms with Crippen molar-refractivity contribution in [2.75, 3.05) is 24.5 Å².